The molecule has 0 spiro atoms. The Morgan fingerprint density at radius 2 is 1.11 bits per heavy atom. The second kappa shape index (κ2) is 18.7. The van der Waals surface area contributed by atoms with E-state index in [1.165, 1.54) is 29.8 Å². The molecule has 0 bridgehead atoms. The molecule has 0 aliphatic carbocycles. The van der Waals surface area contributed by atoms with Gasteiger partial charge in [-0.05, 0) is 125 Å². The fraction of sp³-hybridized carbons (Fsp3) is 0.156. The number of halogens is 2. The number of pyridine rings is 1. The molecule has 0 atom stereocenters. The summed E-state index contributed by atoms with van der Waals surface area (Å²) < 4.78 is 38.4. The van der Waals surface area contributed by atoms with E-state index in [9.17, 15) is 8.78 Å². The first-order valence-corrected chi connectivity index (χ1v) is 24.0. The first-order valence-electron chi connectivity index (χ1n) is 24.0. The Hall–Kier alpha value is -7.34. The van der Waals surface area contributed by atoms with Crippen molar-refractivity contribution in [3.8, 4) is 50.7 Å². The van der Waals surface area contributed by atoms with Gasteiger partial charge < -0.3 is 19.1 Å². The van der Waals surface area contributed by atoms with Crippen LogP contribution in [0, 0.1) is 44.3 Å². The smallest absolute Gasteiger partial charge is 0.135 e. The predicted molar refractivity (Wildman–Crippen MR) is 287 cm³/mol. The second-order valence-corrected chi connectivity index (χ2v) is 20.7. The molecule has 11 rings (SSSR count). The molecule has 0 fully saturated rings. The van der Waals surface area contributed by atoms with Crippen molar-refractivity contribution in [1.82, 2.24) is 9.55 Å². The number of benzene rings is 8. The summed E-state index contributed by atoms with van der Waals surface area (Å²) in [4.78, 5) is 9.23. The summed E-state index contributed by atoms with van der Waals surface area (Å²) in [5, 5.41) is 2.15. The van der Waals surface area contributed by atoms with Gasteiger partial charge in [0.05, 0.1) is 0 Å². The second-order valence-electron chi connectivity index (χ2n) is 20.7. The molecule has 10 aromatic rings. The molecule has 362 valence electrons. The molecule has 5 nitrogen and oxygen atoms in total. The maximum Gasteiger partial charge on any atom is 0.135 e. The number of ether oxygens (including phenoxy) is 1. The Morgan fingerprint density at radius 3 is 1.74 bits per heavy atom. The summed E-state index contributed by atoms with van der Waals surface area (Å²) in [5.41, 5.74) is 15.1. The number of hydrogen-bond acceptors (Lipinski definition) is 4. The first-order chi connectivity index (χ1) is 34.1. The van der Waals surface area contributed by atoms with Gasteiger partial charge in [0.25, 0.3) is 0 Å². The molecule has 0 amide bonds. The minimum Gasteiger partial charge on any atom is -0.509 e. The van der Waals surface area contributed by atoms with E-state index in [4.69, 9.17) is 9.72 Å². The standard InChI is InChI=1S/C64H53F2N4O.Pt/c1-40-29-41(2)31-44(30-40)45-32-50(37-52(33-45)71-51-25-26-54-53-13-9-10-14-57(53)70(60(54)38-51)61-36-46(27-28-67-61)63(3,4)5)68-39-69(59-16-12-11-15-58(59)68)62-55(42-17-21-48(65)22-18-42)34-47(64(6,7)8)35-56(62)43-19-23-49(66)24-20-43;/h9-36,39H,1-8H3;/q-3;. The van der Waals surface area contributed by atoms with E-state index in [0.29, 0.717) is 11.5 Å². The molecule has 8 heteroatoms. The van der Waals surface area contributed by atoms with Gasteiger partial charge in [-0.1, -0.05) is 131 Å². The molecular formula is C64H53F2N4OPt-3. The van der Waals surface area contributed by atoms with Crippen LogP contribution in [0.4, 0.5) is 31.5 Å². The van der Waals surface area contributed by atoms with E-state index in [1.54, 1.807) is 0 Å². The van der Waals surface area contributed by atoms with E-state index in [2.05, 4.69) is 180 Å². The normalized spacial score (nSPS) is 12.6. The number of nitrogens with zero attached hydrogens (tertiary/aromatic N) is 4. The van der Waals surface area contributed by atoms with Gasteiger partial charge in [-0.2, -0.15) is 6.07 Å². The van der Waals surface area contributed by atoms with E-state index in [1.807, 2.05) is 54.7 Å². The molecule has 2 aromatic heterocycles. The summed E-state index contributed by atoms with van der Waals surface area (Å²) in [5.74, 6) is 1.23. The van der Waals surface area contributed by atoms with Gasteiger partial charge in [-0.25, -0.2) is 13.8 Å². The summed E-state index contributed by atoms with van der Waals surface area (Å²) in [6, 6.07) is 60.8. The zero-order chi connectivity index (χ0) is 49.3. The van der Waals surface area contributed by atoms with Crippen LogP contribution in [0.5, 0.6) is 11.5 Å². The zero-order valence-electron chi connectivity index (χ0n) is 41.5. The molecule has 1 aliphatic rings. The quantitative estimate of drug-likeness (QED) is 0.142. The van der Waals surface area contributed by atoms with Gasteiger partial charge in [0.2, 0.25) is 0 Å². The van der Waals surface area contributed by atoms with Crippen LogP contribution in [0.2, 0.25) is 0 Å². The molecule has 0 saturated heterocycles. The van der Waals surface area contributed by atoms with Crippen LogP contribution in [0.3, 0.4) is 0 Å². The van der Waals surface area contributed by atoms with Gasteiger partial charge in [-0.15, -0.1) is 53.6 Å². The average Bonchev–Trinajstić information content (AvgIpc) is 3.89. The van der Waals surface area contributed by atoms with Gasteiger partial charge in [0.15, 0.2) is 0 Å². The molecular weight excluding hydrogens is 1070 g/mol. The SMILES string of the molecule is Cc1cc(C)cc(-c2cc(Oc3[c-]c4c(cc3)c3ccccc3n4-c3cc(C(C)(C)C)ccn3)[c-]c(N3[CH-]N(c4c(-c5ccc(F)cc5)cc(C(C)(C)C)cc4-c4ccc(F)cc4)c4ccccc43)c2)c1.[Pt]. The largest absolute Gasteiger partial charge is 0.509 e. The number of para-hydroxylation sites is 3. The molecule has 3 heterocycles. The third kappa shape index (κ3) is 9.12. The van der Waals surface area contributed by atoms with Gasteiger partial charge in [-0.3, -0.25) is 0 Å². The predicted octanol–water partition coefficient (Wildman–Crippen LogP) is 17.5. The average molecular weight is 1130 g/mol. The zero-order valence-corrected chi connectivity index (χ0v) is 43.8. The monoisotopic (exact) mass is 1130 g/mol. The summed E-state index contributed by atoms with van der Waals surface area (Å²) in [6.45, 7) is 19.5. The van der Waals surface area contributed by atoms with Crippen LogP contribution in [0.15, 0.2) is 170 Å². The number of fused-ring (bicyclic) bond motifs is 4. The van der Waals surface area contributed by atoms with Gasteiger partial charge in [0.1, 0.15) is 17.5 Å². The van der Waals surface area contributed by atoms with Crippen molar-refractivity contribution in [2.45, 2.75) is 66.2 Å². The summed E-state index contributed by atoms with van der Waals surface area (Å²) in [6.07, 6.45) is 1.88. The maximum atomic E-state index is 14.6. The van der Waals surface area contributed by atoms with Gasteiger partial charge in [0, 0.05) is 72.5 Å². The Bertz CT molecular complexity index is 3590. The number of hydrogen-bond donors (Lipinski definition) is 0. The van der Waals surface area contributed by atoms with Crippen LogP contribution < -0.4 is 14.5 Å². The minimum atomic E-state index is -0.315. The van der Waals surface area contributed by atoms with Crippen LogP contribution in [-0.2, 0) is 31.9 Å². The Balaban J connectivity index is 0.00000596. The van der Waals surface area contributed by atoms with Crippen molar-refractivity contribution in [2.75, 3.05) is 9.80 Å². The van der Waals surface area contributed by atoms with E-state index in [0.717, 1.165) is 100 Å². The fourth-order valence-electron chi connectivity index (χ4n) is 9.83. The Morgan fingerprint density at radius 1 is 0.528 bits per heavy atom. The topological polar surface area (TPSA) is 33.5 Å². The van der Waals surface area contributed by atoms with Crippen molar-refractivity contribution in [1.29, 1.82) is 0 Å². The van der Waals surface area contributed by atoms with E-state index in [-0.39, 0.29) is 43.5 Å². The third-order valence-corrected chi connectivity index (χ3v) is 13.4. The van der Waals surface area contributed by atoms with Crippen molar-refractivity contribution in [2.24, 2.45) is 0 Å². The molecule has 0 unspecified atom stereocenters. The van der Waals surface area contributed by atoms with Crippen LogP contribution in [-0.4, -0.2) is 9.55 Å². The minimum absolute atomic E-state index is 0. The first kappa shape index (κ1) is 48.3. The van der Waals surface area contributed by atoms with Gasteiger partial charge >= 0.3 is 0 Å². The summed E-state index contributed by atoms with van der Waals surface area (Å²) >= 11 is 0. The fourth-order valence-corrected chi connectivity index (χ4v) is 9.83. The Kier molecular flexibility index (Phi) is 12.5. The molecule has 72 heavy (non-hydrogen) atoms. The number of anilines is 4. The van der Waals surface area contributed by atoms with Crippen molar-refractivity contribution >= 4 is 44.6 Å². The van der Waals surface area contributed by atoms with Crippen molar-refractivity contribution in [3.05, 3.63) is 223 Å². The molecule has 0 saturated carbocycles. The van der Waals surface area contributed by atoms with Crippen LogP contribution >= 0.6 is 0 Å². The number of aryl methyl sites for hydroxylation is 2. The number of rotatable bonds is 8. The molecule has 8 aromatic carbocycles. The molecule has 0 N–H and O–H groups in total. The van der Waals surface area contributed by atoms with Crippen molar-refractivity contribution < 1.29 is 34.6 Å². The Labute approximate surface area is 435 Å². The van der Waals surface area contributed by atoms with Crippen LogP contribution in [0.25, 0.3) is 61.0 Å². The van der Waals surface area contributed by atoms with Crippen LogP contribution in [0.1, 0.15) is 63.8 Å². The van der Waals surface area contributed by atoms with Crippen molar-refractivity contribution in [3.63, 3.8) is 0 Å². The van der Waals surface area contributed by atoms with E-state index < -0.39 is 0 Å². The summed E-state index contributed by atoms with van der Waals surface area (Å²) in [7, 11) is 0. The number of aromatic nitrogens is 2. The maximum absolute atomic E-state index is 14.6. The van der Waals surface area contributed by atoms with E-state index >= 15 is 0 Å². The molecule has 1 aliphatic heterocycles. The third-order valence-electron chi connectivity index (χ3n) is 13.4. The molecule has 0 radical (unpaired) electrons.